The number of nitrogens with one attached hydrogen (secondary N) is 4. The van der Waals surface area contributed by atoms with Crippen LogP contribution in [0.1, 0.15) is 22.8 Å². The van der Waals surface area contributed by atoms with E-state index in [4.69, 9.17) is 9.47 Å². The number of hydrogen-bond donors (Lipinski definition) is 4. The van der Waals surface area contributed by atoms with E-state index in [1.165, 1.54) is 39.0 Å². The van der Waals surface area contributed by atoms with E-state index in [1.54, 1.807) is 97.1 Å². The molecule has 0 saturated heterocycles. The van der Waals surface area contributed by atoms with Gasteiger partial charge in [0.15, 0.2) is 0 Å². The Morgan fingerprint density at radius 3 is 1.98 bits per heavy atom. The SMILES string of the molecule is COc1ccc(OC)c(/C=C(\NC(=O)c2ccccc2)C(=O)Nc2ccc(SCC(=O)Nc3ccc(NC(C)=O)cc3)cc2)c1. The minimum absolute atomic E-state index is 0.00404. The van der Waals surface area contributed by atoms with Gasteiger partial charge in [-0.3, -0.25) is 19.2 Å². The van der Waals surface area contributed by atoms with Crippen LogP contribution in [0.5, 0.6) is 11.5 Å². The molecule has 0 saturated carbocycles. The summed E-state index contributed by atoms with van der Waals surface area (Å²) in [4.78, 5) is 50.9. The van der Waals surface area contributed by atoms with Gasteiger partial charge in [-0.25, -0.2) is 0 Å². The molecule has 0 bridgehead atoms. The second-order valence-electron chi connectivity index (χ2n) is 9.56. The molecule has 230 valence electrons. The van der Waals surface area contributed by atoms with E-state index in [-0.39, 0.29) is 23.3 Å². The number of thioether (sulfide) groups is 1. The first-order valence-corrected chi connectivity index (χ1v) is 14.7. The van der Waals surface area contributed by atoms with Gasteiger partial charge in [-0.1, -0.05) is 18.2 Å². The lowest BCUT2D eigenvalue weighted by Gasteiger charge is -2.13. The first-order chi connectivity index (χ1) is 21.7. The van der Waals surface area contributed by atoms with Crippen LogP contribution < -0.4 is 30.7 Å². The second-order valence-corrected chi connectivity index (χ2v) is 10.6. The molecule has 0 unspecified atom stereocenters. The number of methoxy groups -OCH3 is 2. The van der Waals surface area contributed by atoms with Gasteiger partial charge in [-0.15, -0.1) is 11.8 Å². The molecule has 0 aromatic heterocycles. The van der Waals surface area contributed by atoms with E-state index < -0.39 is 11.8 Å². The quantitative estimate of drug-likeness (QED) is 0.116. The number of ether oxygens (including phenoxy) is 2. The Labute approximate surface area is 265 Å². The van der Waals surface area contributed by atoms with Crippen molar-refractivity contribution < 1.29 is 28.7 Å². The molecule has 4 aromatic carbocycles. The monoisotopic (exact) mass is 624 g/mol. The van der Waals surface area contributed by atoms with Crippen molar-refractivity contribution in [1.29, 1.82) is 0 Å². The molecule has 45 heavy (non-hydrogen) atoms. The zero-order valence-electron chi connectivity index (χ0n) is 24.9. The normalized spacial score (nSPS) is 10.8. The van der Waals surface area contributed by atoms with Gasteiger partial charge in [0, 0.05) is 40.0 Å². The number of rotatable bonds is 12. The van der Waals surface area contributed by atoms with Crippen molar-refractivity contribution in [3.05, 3.63) is 114 Å². The summed E-state index contributed by atoms with van der Waals surface area (Å²) in [7, 11) is 3.04. The van der Waals surface area contributed by atoms with Crippen LogP contribution in [0.3, 0.4) is 0 Å². The van der Waals surface area contributed by atoms with Crippen LogP contribution in [0, 0.1) is 0 Å². The number of anilines is 3. The highest BCUT2D eigenvalue weighted by molar-refractivity contribution is 8.00. The van der Waals surface area contributed by atoms with Gasteiger partial charge in [-0.05, 0) is 84.9 Å². The topological polar surface area (TPSA) is 135 Å². The molecular formula is C34H32N4O6S. The average molecular weight is 625 g/mol. The minimum Gasteiger partial charge on any atom is -0.497 e. The minimum atomic E-state index is -0.548. The fourth-order valence-electron chi connectivity index (χ4n) is 4.07. The van der Waals surface area contributed by atoms with Gasteiger partial charge in [-0.2, -0.15) is 0 Å². The van der Waals surface area contributed by atoms with E-state index >= 15 is 0 Å². The van der Waals surface area contributed by atoms with Crippen LogP contribution in [-0.2, 0) is 14.4 Å². The Balaban J connectivity index is 1.42. The van der Waals surface area contributed by atoms with E-state index in [1.807, 2.05) is 0 Å². The Morgan fingerprint density at radius 1 is 0.733 bits per heavy atom. The Morgan fingerprint density at radius 2 is 1.36 bits per heavy atom. The van der Waals surface area contributed by atoms with Crippen LogP contribution in [0.4, 0.5) is 17.1 Å². The van der Waals surface area contributed by atoms with Crippen LogP contribution in [0.25, 0.3) is 6.08 Å². The fraction of sp³-hybridized carbons (Fsp3) is 0.118. The van der Waals surface area contributed by atoms with Crippen LogP contribution in [0.2, 0.25) is 0 Å². The third-order valence-electron chi connectivity index (χ3n) is 6.24. The van der Waals surface area contributed by atoms with Gasteiger partial charge < -0.3 is 30.7 Å². The first kappa shape index (κ1) is 32.4. The molecule has 4 rings (SSSR count). The zero-order chi connectivity index (χ0) is 32.2. The molecule has 0 aliphatic rings. The number of amides is 4. The summed E-state index contributed by atoms with van der Waals surface area (Å²) < 4.78 is 10.8. The van der Waals surface area contributed by atoms with Gasteiger partial charge in [0.05, 0.1) is 20.0 Å². The summed E-state index contributed by atoms with van der Waals surface area (Å²) in [5, 5.41) is 11.0. The van der Waals surface area contributed by atoms with Gasteiger partial charge in [0.2, 0.25) is 11.8 Å². The highest BCUT2D eigenvalue weighted by Crippen LogP contribution is 2.27. The summed E-state index contributed by atoms with van der Waals surface area (Å²) in [6.45, 7) is 1.43. The molecule has 11 heteroatoms. The summed E-state index contributed by atoms with van der Waals surface area (Å²) in [5.41, 5.74) is 2.66. The molecule has 0 aliphatic carbocycles. The van der Waals surface area contributed by atoms with Crippen LogP contribution in [0.15, 0.2) is 108 Å². The molecule has 4 aromatic rings. The van der Waals surface area contributed by atoms with Gasteiger partial charge >= 0.3 is 0 Å². The zero-order valence-corrected chi connectivity index (χ0v) is 25.7. The predicted molar refractivity (Wildman–Crippen MR) is 177 cm³/mol. The Bertz CT molecular complexity index is 1690. The molecule has 0 aliphatic heterocycles. The lowest BCUT2D eigenvalue weighted by atomic mass is 10.1. The Kier molecular flexibility index (Phi) is 11.4. The number of carbonyl (C=O) groups is 4. The number of carbonyl (C=O) groups excluding carboxylic acids is 4. The molecular weight excluding hydrogens is 592 g/mol. The summed E-state index contributed by atoms with van der Waals surface area (Å²) in [6, 6.07) is 27.5. The van der Waals surface area contributed by atoms with Crippen molar-refractivity contribution in [2.24, 2.45) is 0 Å². The molecule has 0 atom stereocenters. The first-order valence-electron chi connectivity index (χ1n) is 13.8. The highest BCUT2D eigenvalue weighted by Gasteiger charge is 2.17. The summed E-state index contributed by atoms with van der Waals surface area (Å²) in [6.07, 6.45) is 1.52. The van der Waals surface area contributed by atoms with Crippen LogP contribution >= 0.6 is 11.8 Å². The maximum absolute atomic E-state index is 13.4. The van der Waals surface area contributed by atoms with Crippen molar-refractivity contribution in [3.8, 4) is 11.5 Å². The van der Waals surface area contributed by atoms with Crippen molar-refractivity contribution in [1.82, 2.24) is 5.32 Å². The van der Waals surface area contributed by atoms with E-state index in [2.05, 4.69) is 21.3 Å². The molecule has 10 nitrogen and oxygen atoms in total. The van der Waals surface area contributed by atoms with Crippen LogP contribution in [-0.4, -0.2) is 43.6 Å². The van der Waals surface area contributed by atoms with E-state index in [9.17, 15) is 19.2 Å². The molecule has 0 radical (unpaired) electrons. The third kappa shape index (κ3) is 9.73. The van der Waals surface area contributed by atoms with Gasteiger partial charge in [0.1, 0.15) is 17.2 Å². The lowest BCUT2D eigenvalue weighted by Crippen LogP contribution is -2.30. The molecule has 0 heterocycles. The molecule has 4 amide bonds. The predicted octanol–water partition coefficient (Wildman–Crippen LogP) is 5.80. The highest BCUT2D eigenvalue weighted by atomic mass is 32.2. The van der Waals surface area contributed by atoms with E-state index in [0.717, 1.165) is 4.90 Å². The largest absolute Gasteiger partial charge is 0.497 e. The maximum Gasteiger partial charge on any atom is 0.272 e. The maximum atomic E-state index is 13.4. The summed E-state index contributed by atoms with van der Waals surface area (Å²) >= 11 is 1.33. The lowest BCUT2D eigenvalue weighted by molar-refractivity contribution is -0.114. The fourth-order valence-corrected chi connectivity index (χ4v) is 4.77. The third-order valence-corrected chi connectivity index (χ3v) is 7.25. The molecule has 0 fully saturated rings. The molecule has 0 spiro atoms. The molecule has 4 N–H and O–H groups in total. The van der Waals surface area contributed by atoms with E-state index in [0.29, 0.717) is 39.7 Å². The standard InChI is InChI=1S/C34H32N4O6S/c1-22(39)35-25-9-11-26(12-10-25)36-32(40)21-45-29-16-13-27(14-17-29)37-34(42)30(38-33(41)23-7-5-4-6-8-23)20-24-19-28(43-2)15-18-31(24)44-3/h4-20H,21H2,1-3H3,(H,35,39)(H,36,40)(H,37,42)(H,38,41)/b30-20-. The van der Waals surface area contributed by atoms with Crippen molar-refractivity contribution in [2.75, 3.05) is 35.9 Å². The van der Waals surface area contributed by atoms with Crippen molar-refractivity contribution >= 4 is 58.5 Å². The Hall–Kier alpha value is -5.55. The second kappa shape index (κ2) is 15.8. The smallest absolute Gasteiger partial charge is 0.272 e. The average Bonchev–Trinajstić information content (AvgIpc) is 3.05. The summed E-state index contributed by atoms with van der Waals surface area (Å²) in [5.74, 6) is -0.155. The van der Waals surface area contributed by atoms with Gasteiger partial charge in [0.25, 0.3) is 11.8 Å². The number of benzene rings is 4. The number of hydrogen-bond acceptors (Lipinski definition) is 7. The van der Waals surface area contributed by atoms with Crippen molar-refractivity contribution in [3.63, 3.8) is 0 Å². The van der Waals surface area contributed by atoms with Crippen molar-refractivity contribution in [2.45, 2.75) is 11.8 Å².